The molecule has 7 nitrogen and oxygen atoms in total. The van der Waals surface area contributed by atoms with E-state index in [0.717, 1.165) is 5.56 Å². The molecule has 2 saturated heterocycles. The van der Waals surface area contributed by atoms with Gasteiger partial charge in [-0.2, -0.15) is 0 Å². The van der Waals surface area contributed by atoms with Crippen LogP contribution in [0.15, 0.2) is 54.6 Å². The molecule has 0 unspecified atom stereocenters. The number of para-hydroxylation sites is 2. The van der Waals surface area contributed by atoms with Crippen molar-refractivity contribution < 1.29 is 19.1 Å². The molecule has 0 radical (unpaired) electrons. The highest BCUT2D eigenvalue weighted by atomic mass is 16.6. The molecule has 0 bridgehead atoms. The number of hydrogen-bond donors (Lipinski definition) is 1. The number of nitrogens with zero attached hydrogens (tertiary/aromatic N) is 2. The summed E-state index contributed by atoms with van der Waals surface area (Å²) in [5.41, 5.74) is -0.261. The van der Waals surface area contributed by atoms with Crippen LogP contribution in [0, 0.1) is 0 Å². The van der Waals surface area contributed by atoms with Gasteiger partial charge in [0.2, 0.25) is 11.4 Å². The highest BCUT2D eigenvalue weighted by molar-refractivity contribution is 6.12. The summed E-state index contributed by atoms with van der Waals surface area (Å²) in [6.07, 6.45) is -1.14. The molecular weight excluding hydrogens is 334 g/mol. The van der Waals surface area contributed by atoms with E-state index in [1.165, 1.54) is 4.90 Å². The SMILES string of the molecule is CO[C@@H]1c2ccccc2N2C(=O)N(c3ccccc3)[C@]3(C)OC(=O)N[C@]123. The zero-order valence-electron chi connectivity index (χ0n) is 14.3. The molecule has 2 aromatic carbocycles. The Hall–Kier alpha value is -3.06. The molecule has 0 saturated carbocycles. The first-order chi connectivity index (χ1) is 12.5. The van der Waals surface area contributed by atoms with E-state index in [9.17, 15) is 9.59 Å². The first kappa shape index (κ1) is 15.2. The molecule has 26 heavy (non-hydrogen) atoms. The monoisotopic (exact) mass is 351 g/mol. The van der Waals surface area contributed by atoms with Crippen molar-refractivity contribution in [2.24, 2.45) is 0 Å². The molecule has 132 valence electrons. The molecule has 3 aliphatic heterocycles. The number of carbonyl (C=O) groups excluding carboxylic acids is 2. The Labute approximate surface area is 150 Å². The van der Waals surface area contributed by atoms with Gasteiger partial charge in [0.05, 0.1) is 5.69 Å². The van der Waals surface area contributed by atoms with Crippen LogP contribution in [0.2, 0.25) is 0 Å². The lowest BCUT2D eigenvalue weighted by Crippen LogP contribution is -2.64. The van der Waals surface area contributed by atoms with Crippen LogP contribution >= 0.6 is 0 Å². The van der Waals surface area contributed by atoms with Gasteiger partial charge in [0, 0.05) is 25.3 Å². The quantitative estimate of drug-likeness (QED) is 0.903. The van der Waals surface area contributed by atoms with Crippen molar-refractivity contribution in [1.29, 1.82) is 0 Å². The minimum Gasteiger partial charge on any atom is -0.418 e. The van der Waals surface area contributed by atoms with Crippen LogP contribution in [0.4, 0.5) is 21.0 Å². The summed E-state index contributed by atoms with van der Waals surface area (Å²) in [5.74, 6) is 0. The summed E-state index contributed by atoms with van der Waals surface area (Å²) in [7, 11) is 1.57. The Morgan fingerprint density at radius 1 is 1.04 bits per heavy atom. The van der Waals surface area contributed by atoms with E-state index < -0.39 is 23.6 Å². The number of rotatable bonds is 2. The van der Waals surface area contributed by atoms with Crippen molar-refractivity contribution in [2.75, 3.05) is 16.9 Å². The molecule has 3 heterocycles. The number of carbonyl (C=O) groups is 2. The van der Waals surface area contributed by atoms with E-state index >= 15 is 0 Å². The standard InChI is InChI=1S/C19H17N3O4/c1-18-19(20-16(23)26-18)15(25-2)13-10-6-7-11-14(13)22(19)17(24)21(18)12-8-4-3-5-9-12/h3-11,15H,1-2H3,(H,20,23)/t15-,18-,19-/m1/s1. The Morgan fingerprint density at radius 2 is 1.73 bits per heavy atom. The molecule has 7 heteroatoms. The fourth-order valence-electron chi connectivity index (χ4n) is 4.56. The number of amides is 3. The average molecular weight is 351 g/mol. The summed E-state index contributed by atoms with van der Waals surface area (Å²) in [6.45, 7) is 1.74. The molecule has 1 spiro atoms. The third-order valence-electron chi connectivity index (χ3n) is 5.54. The van der Waals surface area contributed by atoms with Crippen LogP contribution in [0.5, 0.6) is 0 Å². The van der Waals surface area contributed by atoms with Crippen molar-refractivity contribution in [1.82, 2.24) is 5.32 Å². The molecule has 0 aromatic heterocycles. The number of benzene rings is 2. The molecule has 0 aliphatic carbocycles. The second-order valence-corrected chi connectivity index (χ2v) is 6.73. The van der Waals surface area contributed by atoms with Gasteiger partial charge in [0.1, 0.15) is 6.10 Å². The summed E-state index contributed by atoms with van der Waals surface area (Å²) >= 11 is 0. The van der Waals surface area contributed by atoms with Crippen molar-refractivity contribution in [3.63, 3.8) is 0 Å². The molecule has 3 amide bonds. The maximum atomic E-state index is 13.5. The number of nitrogens with one attached hydrogen (secondary N) is 1. The van der Waals surface area contributed by atoms with E-state index in [1.807, 2.05) is 54.6 Å². The fourth-order valence-corrected chi connectivity index (χ4v) is 4.56. The molecule has 2 aromatic rings. The summed E-state index contributed by atoms with van der Waals surface area (Å²) < 4.78 is 11.5. The van der Waals surface area contributed by atoms with Gasteiger partial charge in [-0.1, -0.05) is 36.4 Å². The number of urea groups is 1. The molecular formula is C19H17N3O4. The number of methoxy groups -OCH3 is 1. The third-order valence-corrected chi connectivity index (χ3v) is 5.54. The lowest BCUT2D eigenvalue weighted by atomic mass is 9.90. The van der Waals surface area contributed by atoms with Gasteiger partial charge in [0.25, 0.3) is 0 Å². The minimum atomic E-state index is -1.28. The van der Waals surface area contributed by atoms with Crippen molar-refractivity contribution in [2.45, 2.75) is 24.4 Å². The maximum absolute atomic E-state index is 13.5. The summed E-state index contributed by atoms with van der Waals surface area (Å²) in [4.78, 5) is 29.0. The van der Waals surface area contributed by atoms with Crippen LogP contribution in [0.25, 0.3) is 0 Å². The molecule has 3 aliphatic rings. The Kier molecular flexibility index (Phi) is 2.79. The van der Waals surface area contributed by atoms with Crippen molar-refractivity contribution in [3.05, 3.63) is 60.2 Å². The Bertz CT molecular complexity index is 933. The molecule has 2 fully saturated rings. The van der Waals surface area contributed by atoms with Crippen molar-refractivity contribution >= 4 is 23.5 Å². The van der Waals surface area contributed by atoms with Gasteiger partial charge in [-0.3, -0.25) is 15.1 Å². The Morgan fingerprint density at radius 3 is 2.46 bits per heavy atom. The van der Waals surface area contributed by atoms with Gasteiger partial charge >= 0.3 is 12.1 Å². The van der Waals surface area contributed by atoms with Gasteiger partial charge in [-0.15, -0.1) is 0 Å². The predicted molar refractivity (Wildman–Crippen MR) is 93.7 cm³/mol. The van der Waals surface area contributed by atoms with E-state index in [1.54, 1.807) is 18.9 Å². The van der Waals surface area contributed by atoms with Gasteiger partial charge in [-0.25, -0.2) is 9.59 Å². The van der Waals surface area contributed by atoms with E-state index in [4.69, 9.17) is 9.47 Å². The number of fused-ring (bicyclic) bond motifs is 2. The van der Waals surface area contributed by atoms with Gasteiger partial charge < -0.3 is 9.47 Å². The summed E-state index contributed by atoms with van der Waals surface area (Å²) in [6, 6.07) is 16.4. The lowest BCUT2D eigenvalue weighted by Gasteiger charge is -2.39. The summed E-state index contributed by atoms with van der Waals surface area (Å²) in [5, 5.41) is 2.89. The van der Waals surface area contributed by atoms with Crippen LogP contribution in [0.3, 0.4) is 0 Å². The average Bonchev–Trinajstić information content (AvgIpc) is 3.12. The first-order valence-corrected chi connectivity index (χ1v) is 8.37. The van der Waals surface area contributed by atoms with Crippen LogP contribution in [-0.2, 0) is 9.47 Å². The number of ether oxygens (including phenoxy) is 2. The molecule has 1 N–H and O–H groups in total. The normalized spacial score (nSPS) is 31.4. The highest BCUT2D eigenvalue weighted by Gasteiger charge is 2.79. The zero-order chi connectivity index (χ0) is 18.1. The number of anilines is 2. The third kappa shape index (κ3) is 1.48. The largest absolute Gasteiger partial charge is 0.418 e. The molecule has 5 rings (SSSR count). The van der Waals surface area contributed by atoms with Crippen LogP contribution in [-0.4, -0.2) is 30.6 Å². The number of hydrogen-bond acceptors (Lipinski definition) is 4. The van der Waals surface area contributed by atoms with E-state index in [0.29, 0.717) is 11.4 Å². The fraction of sp³-hybridized carbons (Fsp3) is 0.263. The van der Waals surface area contributed by atoms with E-state index in [-0.39, 0.29) is 6.03 Å². The first-order valence-electron chi connectivity index (χ1n) is 8.37. The Balaban J connectivity index is 1.80. The van der Waals surface area contributed by atoms with Crippen LogP contribution in [0.1, 0.15) is 18.6 Å². The van der Waals surface area contributed by atoms with Crippen LogP contribution < -0.4 is 15.1 Å². The second kappa shape index (κ2) is 4.76. The lowest BCUT2D eigenvalue weighted by molar-refractivity contribution is -0.0377. The smallest absolute Gasteiger partial charge is 0.411 e. The zero-order valence-corrected chi connectivity index (χ0v) is 14.3. The van der Waals surface area contributed by atoms with E-state index in [2.05, 4.69) is 5.32 Å². The molecule has 3 atom stereocenters. The minimum absolute atomic E-state index is 0.272. The predicted octanol–water partition coefficient (Wildman–Crippen LogP) is 2.99. The maximum Gasteiger partial charge on any atom is 0.411 e. The number of alkyl carbamates (subject to hydrolysis) is 1. The van der Waals surface area contributed by atoms with Gasteiger partial charge in [0.15, 0.2) is 0 Å². The second-order valence-electron chi connectivity index (χ2n) is 6.73. The van der Waals surface area contributed by atoms with Gasteiger partial charge in [-0.05, 0) is 18.2 Å². The topological polar surface area (TPSA) is 71.1 Å². The van der Waals surface area contributed by atoms with Crippen molar-refractivity contribution in [3.8, 4) is 0 Å². The highest BCUT2D eigenvalue weighted by Crippen LogP contribution is 2.60.